The lowest BCUT2D eigenvalue weighted by Gasteiger charge is -2.08. The van der Waals surface area contributed by atoms with E-state index in [2.05, 4.69) is 43.0 Å². The lowest BCUT2D eigenvalue weighted by Crippen LogP contribution is -2.04. The second kappa shape index (κ2) is 7.35. The van der Waals surface area contributed by atoms with Crippen LogP contribution in [0.3, 0.4) is 0 Å². The van der Waals surface area contributed by atoms with Crippen LogP contribution in [0.5, 0.6) is 5.75 Å². The molecule has 5 nitrogen and oxygen atoms in total. The van der Waals surface area contributed by atoms with Crippen LogP contribution in [-0.4, -0.2) is 27.7 Å². The number of rotatable bonds is 6. The van der Waals surface area contributed by atoms with Crippen LogP contribution in [0.2, 0.25) is 0 Å². The molecule has 1 N–H and O–H groups in total. The summed E-state index contributed by atoms with van der Waals surface area (Å²) in [5.74, 6) is 2.45. The predicted molar refractivity (Wildman–Crippen MR) is 91.3 cm³/mol. The van der Waals surface area contributed by atoms with Crippen LogP contribution in [0.15, 0.2) is 29.4 Å². The molecule has 1 aromatic heterocycles. The molecule has 1 heterocycles. The first-order valence-electron chi connectivity index (χ1n) is 7.42. The highest BCUT2D eigenvalue weighted by Gasteiger charge is 2.08. The fraction of sp³-hybridized carbons (Fsp3) is 0.438. The molecule has 0 saturated heterocycles. The zero-order valence-electron chi connectivity index (χ0n) is 13.4. The van der Waals surface area contributed by atoms with Gasteiger partial charge in [0.05, 0.1) is 12.8 Å². The van der Waals surface area contributed by atoms with Gasteiger partial charge in [0.25, 0.3) is 0 Å². The van der Waals surface area contributed by atoms with Gasteiger partial charge in [-0.1, -0.05) is 27.7 Å². The number of aromatic amines is 1. The summed E-state index contributed by atoms with van der Waals surface area (Å²) in [7, 11) is 0. The molecule has 22 heavy (non-hydrogen) atoms. The van der Waals surface area contributed by atoms with Crippen molar-refractivity contribution >= 4 is 18.4 Å². The molecule has 0 unspecified atom stereocenters. The molecule has 0 amide bonds. The average Bonchev–Trinajstić information content (AvgIpc) is 2.85. The van der Waals surface area contributed by atoms with E-state index in [-0.39, 0.29) is 5.92 Å². The minimum Gasteiger partial charge on any atom is -0.493 e. The molecule has 0 fully saturated rings. The third kappa shape index (κ3) is 4.27. The zero-order chi connectivity index (χ0) is 16.1. The molecule has 0 saturated carbocycles. The van der Waals surface area contributed by atoms with E-state index < -0.39 is 0 Å². The van der Waals surface area contributed by atoms with Crippen molar-refractivity contribution in [3.63, 3.8) is 0 Å². The third-order valence-electron chi connectivity index (χ3n) is 2.98. The van der Waals surface area contributed by atoms with Crippen molar-refractivity contribution in [1.82, 2.24) is 14.9 Å². The normalized spacial score (nSPS) is 11.7. The van der Waals surface area contributed by atoms with E-state index in [0.29, 0.717) is 10.7 Å². The minimum absolute atomic E-state index is 0.247. The van der Waals surface area contributed by atoms with Gasteiger partial charge in [0.1, 0.15) is 5.75 Å². The Bertz CT molecular complexity index is 683. The van der Waals surface area contributed by atoms with Gasteiger partial charge in [-0.25, -0.2) is 0 Å². The number of benzene rings is 1. The summed E-state index contributed by atoms with van der Waals surface area (Å²) in [5.41, 5.74) is 0.981. The Hall–Kier alpha value is -1.95. The van der Waals surface area contributed by atoms with Gasteiger partial charge in [-0.2, -0.15) is 14.9 Å². The van der Waals surface area contributed by atoms with Crippen LogP contribution >= 0.6 is 12.2 Å². The summed E-state index contributed by atoms with van der Waals surface area (Å²) in [6.45, 7) is 9.08. The molecule has 2 rings (SSSR count). The Balaban J connectivity index is 2.11. The molecule has 6 heteroatoms. The maximum atomic E-state index is 5.66. The highest BCUT2D eigenvalue weighted by Crippen LogP contribution is 2.13. The van der Waals surface area contributed by atoms with Crippen LogP contribution in [-0.2, 0) is 0 Å². The lowest BCUT2D eigenvalue weighted by atomic mass is 10.2. The molecule has 0 atom stereocenters. The fourth-order valence-electron chi connectivity index (χ4n) is 1.83. The average molecular weight is 318 g/mol. The molecule has 0 aliphatic rings. The monoisotopic (exact) mass is 318 g/mol. The van der Waals surface area contributed by atoms with Gasteiger partial charge in [0, 0.05) is 5.92 Å². The number of H-pyrrole nitrogens is 1. The number of ether oxygens (including phenoxy) is 1. The summed E-state index contributed by atoms with van der Waals surface area (Å²) in [4.78, 5) is 0. The third-order valence-corrected chi connectivity index (χ3v) is 3.24. The first-order chi connectivity index (χ1) is 10.5. The zero-order valence-corrected chi connectivity index (χ0v) is 14.2. The SMILES string of the molecule is CC(C)COc1ccc(/C=N\n2c(C(C)C)n[nH]c2=S)cc1. The maximum Gasteiger partial charge on any atom is 0.216 e. The molecular weight excluding hydrogens is 296 g/mol. The highest BCUT2D eigenvalue weighted by atomic mass is 32.1. The number of hydrogen-bond acceptors (Lipinski definition) is 4. The van der Waals surface area contributed by atoms with E-state index >= 15 is 0 Å². The van der Waals surface area contributed by atoms with E-state index in [4.69, 9.17) is 17.0 Å². The Kier molecular flexibility index (Phi) is 5.49. The van der Waals surface area contributed by atoms with Crippen LogP contribution in [0.25, 0.3) is 0 Å². The first kappa shape index (κ1) is 16.4. The molecule has 118 valence electrons. The Morgan fingerprint density at radius 1 is 1.27 bits per heavy atom. The lowest BCUT2D eigenvalue weighted by molar-refractivity contribution is 0.271. The summed E-state index contributed by atoms with van der Waals surface area (Å²) >= 11 is 5.20. The second-order valence-corrected chi connectivity index (χ2v) is 6.26. The van der Waals surface area contributed by atoms with E-state index in [9.17, 15) is 0 Å². The van der Waals surface area contributed by atoms with Crippen molar-refractivity contribution in [1.29, 1.82) is 0 Å². The van der Waals surface area contributed by atoms with Crippen molar-refractivity contribution in [2.45, 2.75) is 33.6 Å². The molecule has 2 aromatic rings. The summed E-state index contributed by atoms with van der Waals surface area (Å²) in [6, 6.07) is 7.83. The highest BCUT2D eigenvalue weighted by molar-refractivity contribution is 7.71. The Morgan fingerprint density at radius 2 is 1.95 bits per heavy atom. The number of hydrogen-bond donors (Lipinski definition) is 1. The van der Waals surface area contributed by atoms with E-state index in [1.165, 1.54) is 0 Å². The molecule has 1 aromatic carbocycles. The smallest absolute Gasteiger partial charge is 0.216 e. The Morgan fingerprint density at radius 3 is 2.55 bits per heavy atom. The largest absolute Gasteiger partial charge is 0.493 e. The van der Waals surface area contributed by atoms with Gasteiger partial charge < -0.3 is 4.74 Å². The summed E-state index contributed by atoms with van der Waals surface area (Å²) in [5, 5.41) is 11.4. The second-order valence-electron chi connectivity index (χ2n) is 5.87. The fourth-order valence-corrected chi connectivity index (χ4v) is 2.01. The van der Waals surface area contributed by atoms with Crippen molar-refractivity contribution < 1.29 is 4.74 Å². The first-order valence-corrected chi connectivity index (χ1v) is 7.82. The predicted octanol–water partition coefficient (Wildman–Crippen LogP) is 3.98. The van der Waals surface area contributed by atoms with Crippen molar-refractivity contribution in [3.05, 3.63) is 40.4 Å². The Labute approximate surface area is 136 Å². The molecular formula is C16H22N4OS. The van der Waals surface area contributed by atoms with E-state index in [1.807, 2.05) is 24.3 Å². The topological polar surface area (TPSA) is 55.2 Å². The van der Waals surface area contributed by atoms with Crippen molar-refractivity contribution in [2.75, 3.05) is 6.61 Å². The standard InChI is InChI=1S/C16H22N4OS/c1-11(2)10-21-14-7-5-13(6-8-14)9-17-20-15(12(3)4)18-19-16(20)22/h5-9,11-12H,10H2,1-4H3,(H,19,22)/b17-9-. The quantitative estimate of drug-likeness (QED) is 0.647. The van der Waals surface area contributed by atoms with Gasteiger partial charge in [-0.15, -0.1) is 0 Å². The van der Waals surface area contributed by atoms with Gasteiger partial charge >= 0.3 is 0 Å². The number of aromatic nitrogens is 3. The molecule has 0 spiro atoms. The van der Waals surface area contributed by atoms with Gasteiger partial charge in [-0.05, 0) is 48.0 Å². The molecule has 0 aliphatic heterocycles. The van der Waals surface area contributed by atoms with Gasteiger partial charge in [0.15, 0.2) is 5.82 Å². The van der Waals surface area contributed by atoms with Crippen LogP contribution in [0, 0.1) is 10.7 Å². The van der Waals surface area contributed by atoms with Crippen LogP contribution in [0.4, 0.5) is 0 Å². The number of nitrogens with zero attached hydrogens (tertiary/aromatic N) is 3. The molecule has 0 bridgehead atoms. The van der Waals surface area contributed by atoms with Gasteiger partial charge in [0.2, 0.25) is 4.77 Å². The van der Waals surface area contributed by atoms with Crippen molar-refractivity contribution in [3.8, 4) is 5.75 Å². The van der Waals surface area contributed by atoms with Gasteiger partial charge in [-0.3, -0.25) is 5.10 Å². The van der Waals surface area contributed by atoms with Crippen LogP contribution in [0.1, 0.15) is 45.0 Å². The summed E-state index contributed by atoms with van der Waals surface area (Å²) in [6.07, 6.45) is 1.77. The molecule has 0 radical (unpaired) electrons. The van der Waals surface area contributed by atoms with Crippen LogP contribution < -0.4 is 4.74 Å². The summed E-state index contributed by atoms with van der Waals surface area (Å²) < 4.78 is 7.81. The van der Waals surface area contributed by atoms with Crippen molar-refractivity contribution in [2.24, 2.45) is 11.0 Å². The minimum atomic E-state index is 0.247. The van der Waals surface area contributed by atoms with E-state index in [1.54, 1.807) is 10.9 Å². The maximum absolute atomic E-state index is 5.66. The molecule has 0 aliphatic carbocycles. The number of nitrogens with one attached hydrogen (secondary N) is 1. The van der Waals surface area contributed by atoms with E-state index in [0.717, 1.165) is 23.7 Å².